The zero-order valence-electron chi connectivity index (χ0n) is 12.1. The van der Waals surface area contributed by atoms with Crippen molar-refractivity contribution in [1.82, 2.24) is 19.7 Å². The number of aryl methyl sites for hydroxylation is 1. The average molecular weight is 316 g/mol. The fraction of sp³-hybridized carbons (Fsp3) is 0.267. The van der Waals surface area contributed by atoms with Crippen molar-refractivity contribution in [3.63, 3.8) is 0 Å². The lowest BCUT2D eigenvalue weighted by molar-refractivity contribution is 0.271. The summed E-state index contributed by atoms with van der Waals surface area (Å²) in [7, 11) is 0. The Labute approximate surface area is 131 Å². The minimum absolute atomic E-state index is 0.0447. The maximum Gasteiger partial charge on any atom is 0.262 e. The van der Waals surface area contributed by atoms with E-state index in [9.17, 15) is 4.79 Å². The van der Waals surface area contributed by atoms with Gasteiger partial charge in [0.05, 0.1) is 19.3 Å². The monoisotopic (exact) mass is 316 g/mol. The molecule has 0 fully saturated rings. The number of fused-ring (bicyclic) bond motifs is 1. The second kappa shape index (κ2) is 6.33. The molecule has 0 aliphatic heterocycles. The number of aromatic nitrogens is 4. The molecule has 7 heteroatoms. The van der Waals surface area contributed by atoms with E-state index in [0.29, 0.717) is 22.7 Å². The number of benzene rings is 1. The maximum atomic E-state index is 12.1. The number of aliphatic hydroxyl groups is 1. The summed E-state index contributed by atoms with van der Waals surface area (Å²) < 4.78 is 1.54. The van der Waals surface area contributed by atoms with Crippen LogP contribution in [0.4, 0.5) is 0 Å². The molecule has 6 nitrogen and oxygen atoms in total. The van der Waals surface area contributed by atoms with Gasteiger partial charge in [-0.15, -0.1) is 0 Å². The topological polar surface area (TPSA) is 83.8 Å². The minimum atomic E-state index is -0.207. The fourth-order valence-electron chi connectivity index (χ4n) is 2.19. The number of nitrogens with zero attached hydrogens (tertiary/aromatic N) is 3. The number of thioether (sulfide) groups is 1. The Morgan fingerprint density at radius 2 is 2.18 bits per heavy atom. The van der Waals surface area contributed by atoms with E-state index in [4.69, 9.17) is 5.11 Å². The molecule has 1 aromatic carbocycles. The third-order valence-corrected chi connectivity index (χ3v) is 4.34. The van der Waals surface area contributed by atoms with Crippen molar-refractivity contribution in [3.05, 3.63) is 51.9 Å². The van der Waals surface area contributed by atoms with E-state index in [1.54, 1.807) is 4.68 Å². The van der Waals surface area contributed by atoms with Crippen LogP contribution in [0.2, 0.25) is 0 Å². The van der Waals surface area contributed by atoms with Crippen LogP contribution in [0.1, 0.15) is 11.1 Å². The molecule has 0 amide bonds. The summed E-state index contributed by atoms with van der Waals surface area (Å²) in [4.78, 5) is 19.3. The van der Waals surface area contributed by atoms with E-state index in [1.165, 1.54) is 29.1 Å². The molecule has 3 rings (SSSR count). The highest BCUT2D eigenvalue weighted by Crippen LogP contribution is 2.21. The maximum absolute atomic E-state index is 12.1. The van der Waals surface area contributed by atoms with Gasteiger partial charge in [-0.2, -0.15) is 5.10 Å². The molecule has 0 saturated heterocycles. The van der Waals surface area contributed by atoms with Crippen LogP contribution in [0.25, 0.3) is 11.0 Å². The molecular weight excluding hydrogens is 300 g/mol. The van der Waals surface area contributed by atoms with Gasteiger partial charge in [-0.05, 0) is 18.1 Å². The first-order valence-corrected chi connectivity index (χ1v) is 7.91. The van der Waals surface area contributed by atoms with Gasteiger partial charge in [-0.25, -0.2) is 9.67 Å². The Balaban J connectivity index is 1.89. The number of rotatable bonds is 5. The third kappa shape index (κ3) is 2.90. The van der Waals surface area contributed by atoms with E-state index in [2.05, 4.69) is 34.1 Å². The van der Waals surface area contributed by atoms with Gasteiger partial charge >= 0.3 is 0 Å². The first kappa shape index (κ1) is 14.8. The van der Waals surface area contributed by atoms with Crippen molar-refractivity contribution >= 4 is 22.8 Å². The normalized spacial score (nSPS) is 11.2. The van der Waals surface area contributed by atoms with Gasteiger partial charge in [0.15, 0.2) is 10.8 Å². The average Bonchev–Trinajstić information content (AvgIpc) is 2.91. The van der Waals surface area contributed by atoms with Crippen molar-refractivity contribution in [2.75, 3.05) is 6.61 Å². The van der Waals surface area contributed by atoms with Crippen molar-refractivity contribution in [2.45, 2.75) is 24.4 Å². The molecule has 0 atom stereocenters. The van der Waals surface area contributed by atoms with E-state index in [0.717, 1.165) is 5.75 Å². The number of aliphatic hydroxyl groups excluding tert-OH is 1. The highest BCUT2D eigenvalue weighted by molar-refractivity contribution is 7.98. The number of H-pyrrole nitrogens is 1. The van der Waals surface area contributed by atoms with Gasteiger partial charge in [-0.1, -0.05) is 36.0 Å². The molecule has 0 aliphatic carbocycles. The number of hydrogen-bond donors (Lipinski definition) is 2. The molecule has 0 radical (unpaired) electrons. The Kier molecular flexibility index (Phi) is 4.26. The molecule has 0 aliphatic rings. The van der Waals surface area contributed by atoms with Crippen LogP contribution in [0.5, 0.6) is 0 Å². The summed E-state index contributed by atoms with van der Waals surface area (Å²) in [6.07, 6.45) is 1.48. The first-order valence-electron chi connectivity index (χ1n) is 6.93. The van der Waals surface area contributed by atoms with Crippen molar-refractivity contribution < 1.29 is 5.11 Å². The zero-order chi connectivity index (χ0) is 15.5. The summed E-state index contributed by atoms with van der Waals surface area (Å²) in [6, 6.07) is 8.13. The molecule has 0 spiro atoms. The van der Waals surface area contributed by atoms with E-state index in [1.807, 2.05) is 12.1 Å². The Morgan fingerprint density at radius 3 is 2.95 bits per heavy atom. The summed E-state index contributed by atoms with van der Waals surface area (Å²) in [5, 5.41) is 14.1. The van der Waals surface area contributed by atoms with Gasteiger partial charge < -0.3 is 10.1 Å². The highest BCUT2D eigenvalue weighted by atomic mass is 32.2. The lowest BCUT2D eigenvalue weighted by atomic mass is 10.1. The standard InChI is InChI=1S/C15H16N4O2S/c1-10-4-2-3-5-11(10)9-22-15-17-13-12(14(21)18-15)8-16-19(13)6-7-20/h2-5,8,20H,6-7,9H2,1H3,(H,17,18,21). The highest BCUT2D eigenvalue weighted by Gasteiger charge is 2.10. The van der Waals surface area contributed by atoms with Crippen molar-refractivity contribution in [1.29, 1.82) is 0 Å². The first-order chi connectivity index (χ1) is 10.7. The van der Waals surface area contributed by atoms with Gasteiger partial charge in [0, 0.05) is 5.75 Å². The van der Waals surface area contributed by atoms with Crippen LogP contribution < -0.4 is 5.56 Å². The lowest BCUT2D eigenvalue weighted by Gasteiger charge is -2.05. The second-order valence-electron chi connectivity index (χ2n) is 4.91. The molecule has 0 unspecified atom stereocenters. The summed E-state index contributed by atoms with van der Waals surface area (Å²) in [6.45, 7) is 2.34. The zero-order valence-corrected chi connectivity index (χ0v) is 12.9. The molecule has 3 aromatic rings. The number of nitrogens with one attached hydrogen (secondary N) is 1. The smallest absolute Gasteiger partial charge is 0.262 e. The number of aromatic amines is 1. The van der Waals surface area contributed by atoms with Crippen LogP contribution in [0.3, 0.4) is 0 Å². The van der Waals surface area contributed by atoms with E-state index >= 15 is 0 Å². The molecule has 22 heavy (non-hydrogen) atoms. The SMILES string of the molecule is Cc1ccccc1CSc1nc2c(cnn2CCO)c(=O)[nH]1. The van der Waals surface area contributed by atoms with Crippen LogP contribution >= 0.6 is 11.8 Å². The van der Waals surface area contributed by atoms with Gasteiger partial charge in [0.25, 0.3) is 5.56 Å². The Morgan fingerprint density at radius 1 is 1.36 bits per heavy atom. The quantitative estimate of drug-likeness (QED) is 0.553. The molecular formula is C15H16N4O2S. The largest absolute Gasteiger partial charge is 0.394 e. The number of hydrogen-bond acceptors (Lipinski definition) is 5. The predicted octanol–water partition coefficient (Wildman–Crippen LogP) is 1.71. The van der Waals surface area contributed by atoms with E-state index < -0.39 is 0 Å². The van der Waals surface area contributed by atoms with Gasteiger partial charge in [0.2, 0.25) is 0 Å². The Hall–Kier alpha value is -2.12. The molecule has 2 heterocycles. The fourth-order valence-corrected chi connectivity index (χ4v) is 3.12. The molecule has 0 saturated carbocycles. The minimum Gasteiger partial charge on any atom is -0.394 e. The van der Waals surface area contributed by atoms with Crippen LogP contribution in [-0.2, 0) is 12.3 Å². The van der Waals surface area contributed by atoms with Gasteiger partial charge in [0.1, 0.15) is 5.39 Å². The lowest BCUT2D eigenvalue weighted by Crippen LogP contribution is -2.11. The molecule has 114 valence electrons. The molecule has 2 N–H and O–H groups in total. The summed E-state index contributed by atoms with van der Waals surface area (Å²) in [5.41, 5.74) is 2.72. The Bertz CT molecular complexity index is 856. The summed E-state index contributed by atoms with van der Waals surface area (Å²) in [5.74, 6) is 0.731. The van der Waals surface area contributed by atoms with Crippen molar-refractivity contribution in [3.8, 4) is 0 Å². The molecule has 0 bridgehead atoms. The van der Waals surface area contributed by atoms with Crippen LogP contribution in [-0.4, -0.2) is 31.5 Å². The summed E-state index contributed by atoms with van der Waals surface area (Å²) >= 11 is 1.48. The van der Waals surface area contributed by atoms with Crippen LogP contribution in [0, 0.1) is 6.92 Å². The third-order valence-electron chi connectivity index (χ3n) is 3.42. The van der Waals surface area contributed by atoms with E-state index in [-0.39, 0.29) is 12.2 Å². The van der Waals surface area contributed by atoms with Gasteiger partial charge in [-0.3, -0.25) is 4.79 Å². The second-order valence-corrected chi connectivity index (χ2v) is 5.88. The predicted molar refractivity (Wildman–Crippen MR) is 86.0 cm³/mol. The molecule has 2 aromatic heterocycles. The van der Waals surface area contributed by atoms with Crippen molar-refractivity contribution in [2.24, 2.45) is 0 Å². The van der Waals surface area contributed by atoms with Crippen LogP contribution in [0.15, 0.2) is 40.4 Å².